The molecule has 1 aromatic rings. The van der Waals surface area contributed by atoms with E-state index in [1.165, 1.54) is 29.8 Å². The number of nitrogens with zero attached hydrogens (tertiary/aromatic N) is 2. The van der Waals surface area contributed by atoms with Crippen LogP contribution < -0.4 is 5.32 Å². The van der Waals surface area contributed by atoms with Crippen LogP contribution in [-0.4, -0.2) is 38.3 Å². The molecule has 1 N–H and O–H groups in total. The number of aromatic nitrogens is 1. The van der Waals surface area contributed by atoms with Gasteiger partial charge >= 0.3 is 0 Å². The zero-order valence-electron chi connectivity index (χ0n) is 12.2. The van der Waals surface area contributed by atoms with Gasteiger partial charge in [-0.05, 0) is 30.9 Å². The van der Waals surface area contributed by atoms with Crippen LogP contribution in [0.25, 0.3) is 0 Å². The topological polar surface area (TPSA) is 62.3 Å². The molecule has 0 radical (unpaired) electrons. The maximum Gasteiger partial charge on any atom is 0.244 e. The summed E-state index contributed by atoms with van der Waals surface area (Å²) < 4.78 is 26.4. The lowest BCUT2D eigenvalue weighted by atomic mass is 9.89. The standard InChI is InChI=1S/C14H23N3O2S/c1-15-14-9-8-13(10-16-14)20(18,19)17(2)11-12-6-4-3-5-7-12/h8-10,12H,3-7,11H2,1-2H3,(H,15,16). The Bertz CT molecular complexity index is 522. The molecule has 1 fully saturated rings. The van der Waals surface area contributed by atoms with E-state index in [0.29, 0.717) is 18.3 Å². The van der Waals surface area contributed by atoms with Crippen LogP contribution in [0.1, 0.15) is 32.1 Å². The van der Waals surface area contributed by atoms with Crippen LogP contribution in [0.5, 0.6) is 0 Å². The highest BCUT2D eigenvalue weighted by Crippen LogP contribution is 2.26. The Morgan fingerprint density at radius 1 is 1.30 bits per heavy atom. The largest absolute Gasteiger partial charge is 0.373 e. The van der Waals surface area contributed by atoms with E-state index in [-0.39, 0.29) is 4.90 Å². The van der Waals surface area contributed by atoms with Gasteiger partial charge in [-0.2, -0.15) is 0 Å². The first kappa shape index (κ1) is 15.3. The highest BCUT2D eigenvalue weighted by Gasteiger charge is 2.25. The summed E-state index contributed by atoms with van der Waals surface area (Å²) in [4.78, 5) is 4.33. The van der Waals surface area contributed by atoms with Gasteiger partial charge in [0, 0.05) is 26.8 Å². The van der Waals surface area contributed by atoms with Crippen LogP contribution in [0.3, 0.4) is 0 Å². The Morgan fingerprint density at radius 3 is 2.55 bits per heavy atom. The summed E-state index contributed by atoms with van der Waals surface area (Å²) in [5.74, 6) is 1.16. The molecule has 0 aromatic carbocycles. The zero-order valence-corrected chi connectivity index (χ0v) is 13.0. The predicted molar refractivity (Wildman–Crippen MR) is 80.2 cm³/mol. The summed E-state index contributed by atoms with van der Waals surface area (Å²) in [5, 5.41) is 2.88. The first-order chi connectivity index (χ1) is 9.54. The molecule has 1 aliphatic carbocycles. The molecule has 0 aliphatic heterocycles. The quantitative estimate of drug-likeness (QED) is 0.906. The number of pyridine rings is 1. The number of hydrogen-bond donors (Lipinski definition) is 1. The van der Waals surface area contributed by atoms with Crippen molar-refractivity contribution in [2.24, 2.45) is 5.92 Å². The number of hydrogen-bond acceptors (Lipinski definition) is 4. The van der Waals surface area contributed by atoms with Crippen LogP contribution in [0.4, 0.5) is 5.82 Å². The molecule has 1 aromatic heterocycles. The number of sulfonamides is 1. The zero-order chi connectivity index (χ0) is 14.6. The first-order valence-electron chi connectivity index (χ1n) is 7.14. The van der Waals surface area contributed by atoms with Gasteiger partial charge in [0.15, 0.2) is 0 Å². The summed E-state index contributed by atoms with van der Waals surface area (Å²) >= 11 is 0. The minimum absolute atomic E-state index is 0.259. The van der Waals surface area contributed by atoms with Crippen LogP contribution in [0, 0.1) is 5.92 Å². The number of rotatable bonds is 5. The van der Waals surface area contributed by atoms with E-state index in [0.717, 1.165) is 12.8 Å². The average molecular weight is 297 g/mol. The third kappa shape index (κ3) is 3.49. The van der Waals surface area contributed by atoms with E-state index >= 15 is 0 Å². The second-order valence-electron chi connectivity index (χ2n) is 5.42. The van der Waals surface area contributed by atoms with E-state index in [4.69, 9.17) is 0 Å². The summed E-state index contributed by atoms with van der Waals surface area (Å²) in [5.41, 5.74) is 0. The Labute approximate surface area is 121 Å². The van der Waals surface area contributed by atoms with E-state index < -0.39 is 10.0 Å². The summed E-state index contributed by atoms with van der Waals surface area (Å²) in [6.07, 6.45) is 7.41. The normalized spacial score (nSPS) is 17.4. The Kier molecular flexibility index (Phi) is 4.99. The fourth-order valence-electron chi connectivity index (χ4n) is 2.69. The van der Waals surface area contributed by atoms with Crippen molar-refractivity contribution in [3.8, 4) is 0 Å². The third-order valence-electron chi connectivity index (χ3n) is 3.94. The van der Waals surface area contributed by atoms with Gasteiger partial charge in [0.05, 0.1) is 0 Å². The molecule has 0 saturated heterocycles. The first-order valence-corrected chi connectivity index (χ1v) is 8.58. The number of anilines is 1. The summed E-state index contributed by atoms with van der Waals surface area (Å²) in [6, 6.07) is 3.28. The highest BCUT2D eigenvalue weighted by atomic mass is 32.2. The molecule has 0 spiro atoms. The lowest BCUT2D eigenvalue weighted by molar-refractivity contribution is 0.300. The maximum absolute atomic E-state index is 12.5. The molecule has 1 aliphatic rings. The molecule has 0 atom stereocenters. The molecule has 0 amide bonds. The summed E-state index contributed by atoms with van der Waals surface area (Å²) in [7, 11) is -0.00200. The van der Waals surface area contributed by atoms with E-state index in [9.17, 15) is 8.42 Å². The monoisotopic (exact) mass is 297 g/mol. The van der Waals surface area contributed by atoms with Gasteiger partial charge in [-0.25, -0.2) is 17.7 Å². The maximum atomic E-state index is 12.5. The SMILES string of the molecule is CNc1ccc(S(=O)(=O)N(C)CC2CCCCC2)cn1. The Hall–Kier alpha value is -1.14. The lowest BCUT2D eigenvalue weighted by Crippen LogP contribution is -2.32. The second-order valence-corrected chi connectivity index (χ2v) is 7.46. The molecule has 1 saturated carbocycles. The minimum Gasteiger partial charge on any atom is -0.373 e. The smallest absolute Gasteiger partial charge is 0.244 e. The Morgan fingerprint density at radius 2 is 2.00 bits per heavy atom. The van der Waals surface area contributed by atoms with E-state index in [1.54, 1.807) is 26.2 Å². The van der Waals surface area contributed by atoms with Gasteiger partial charge in [-0.3, -0.25) is 0 Å². The molecule has 112 valence electrons. The van der Waals surface area contributed by atoms with Crippen LogP contribution in [0.15, 0.2) is 23.2 Å². The fraction of sp³-hybridized carbons (Fsp3) is 0.643. The average Bonchev–Trinajstić information content (AvgIpc) is 2.48. The molecule has 20 heavy (non-hydrogen) atoms. The second kappa shape index (κ2) is 6.54. The van der Waals surface area contributed by atoms with Gasteiger partial charge in [0.2, 0.25) is 10.0 Å². The van der Waals surface area contributed by atoms with Crippen molar-refractivity contribution in [3.05, 3.63) is 18.3 Å². The molecule has 1 heterocycles. The van der Waals surface area contributed by atoms with Crippen molar-refractivity contribution < 1.29 is 8.42 Å². The van der Waals surface area contributed by atoms with Gasteiger partial charge in [0.1, 0.15) is 10.7 Å². The molecule has 2 rings (SSSR count). The van der Waals surface area contributed by atoms with Gasteiger partial charge in [-0.15, -0.1) is 0 Å². The van der Waals surface area contributed by atoms with Crippen molar-refractivity contribution in [3.63, 3.8) is 0 Å². The molecular formula is C14H23N3O2S. The third-order valence-corrected chi connectivity index (χ3v) is 5.75. The van der Waals surface area contributed by atoms with Crippen LogP contribution in [-0.2, 0) is 10.0 Å². The fourth-order valence-corrected chi connectivity index (χ4v) is 3.89. The predicted octanol–water partition coefficient (Wildman–Crippen LogP) is 2.32. The van der Waals surface area contributed by atoms with Gasteiger partial charge in [0.25, 0.3) is 0 Å². The van der Waals surface area contributed by atoms with Crippen molar-refractivity contribution in [1.82, 2.24) is 9.29 Å². The van der Waals surface area contributed by atoms with Crippen LogP contribution in [0.2, 0.25) is 0 Å². The van der Waals surface area contributed by atoms with E-state index in [2.05, 4.69) is 10.3 Å². The van der Waals surface area contributed by atoms with Crippen molar-refractivity contribution >= 4 is 15.8 Å². The molecule has 6 heteroatoms. The number of nitrogens with one attached hydrogen (secondary N) is 1. The lowest BCUT2D eigenvalue weighted by Gasteiger charge is -2.26. The minimum atomic E-state index is -3.42. The van der Waals surface area contributed by atoms with Crippen LogP contribution >= 0.6 is 0 Å². The van der Waals surface area contributed by atoms with Gasteiger partial charge < -0.3 is 5.32 Å². The van der Waals surface area contributed by atoms with Gasteiger partial charge in [-0.1, -0.05) is 19.3 Å². The van der Waals surface area contributed by atoms with Crippen molar-refractivity contribution in [2.75, 3.05) is 26.0 Å². The Balaban J connectivity index is 2.07. The molecular weight excluding hydrogens is 274 g/mol. The molecule has 0 bridgehead atoms. The molecule has 5 nitrogen and oxygen atoms in total. The van der Waals surface area contributed by atoms with Crippen molar-refractivity contribution in [1.29, 1.82) is 0 Å². The van der Waals surface area contributed by atoms with Crippen molar-refractivity contribution in [2.45, 2.75) is 37.0 Å². The molecule has 0 unspecified atom stereocenters. The highest BCUT2D eigenvalue weighted by molar-refractivity contribution is 7.89. The summed E-state index contributed by atoms with van der Waals surface area (Å²) in [6.45, 7) is 0.607. The van der Waals surface area contributed by atoms with E-state index in [1.807, 2.05) is 0 Å².